The summed E-state index contributed by atoms with van der Waals surface area (Å²) < 4.78 is 0. The van der Waals surface area contributed by atoms with Crippen molar-refractivity contribution in [1.82, 2.24) is 15.1 Å². The van der Waals surface area contributed by atoms with Crippen LogP contribution in [0.1, 0.15) is 55.3 Å². The Hall–Kier alpha value is -0.900. The van der Waals surface area contributed by atoms with Gasteiger partial charge in [-0.25, -0.2) is 0 Å². The highest BCUT2D eigenvalue weighted by Crippen LogP contribution is 2.32. The molecule has 1 unspecified atom stereocenters. The van der Waals surface area contributed by atoms with E-state index in [9.17, 15) is 0 Å². The van der Waals surface area contributed by atoms with Crippen LogP contribution >= 0.6 is 0 Å². The molecule has 3 nitrogen and oxygen atoms in total. The van der Waals surface area contributed by atoms with Crippen molar-refractivity contribution in [1.29, 1.82) is 0 Å². The lowest BCUT2D eigenvalue weighted by molar-refractivity contribution is 0.120. The summed E-state index contributed by atoms with van der Waals surface area (Å²) in [5.74, 6) is 0.834. The number of fused-ring (bicyclic) bond motifs is 1. The zero-order chi connectivity index (χ0) is 15.8. The fourth-order valence-electron chi connectivity index (χ4n) is 4.56. The first-order valence-electron chi connectivity index (χ1n) is 9.46. The molecule has 1 aromatic carbocycles. The van der Waals surface area contributed by atoms with Crippen molar-refractivity contribution in [3.05, 3.63) is 34.9 Å². The molecule has 0 saturated carbocycles. The summed E-state index contributed by atoms with van der Waals surface area (Å²) in [6, 6.07) is 8.65. The van der Waals surface area contributed by atoms with Crippen LogP contribution in [0.3, 0.4) is 0 Å². The number of nitrogens with one attached hydrogen (secondary N) is 1. The van der Waals surface area contributed by atoms with Crippen LogP contribution in [0.15, 0.2) is 18.2 Å². The Balaban J connectivity index is 1.43. The molecule has 1 aromatic rings. The Morgan fingerprint density at radius 2 is 1.78 bits per heavy atom. The number of hydrogen-bond donors (Lipinski definition) is 1. The number of hydrogen-bond acceptors (Lipinski definition) is 3. The quantitative estimate of drug-likeness (QED) is 0.905. The van der Waals surface area contributed by atoms with Gasteiger partial charge < -0.3 is 10.2 Å². The van der Waals surface area contributed by atoms with Crippen molar-refractivity contribution in [3.8, 4) is 0 Å². The zero-order valence-electron chi connectivity index (χ0n) is 14.7. The van der Waals surface area contributed by atoms with Crippen LogP contribution < -0.4 is 5.32 Å². The molecule has 3 aliphatic rings. The number of benzene rings is 1. The van der Waals surface area contributed by atoms with Gasteiger partial charge in [-0.1, -0.05) is 25.1 Å². The van der Waals surface area contributed by atoms with E-state index in [0.717, 1.165) is 12.0 Å². The Morgan fingerprint density at radius 3 is 2.52 bits per heavy atom. The van der Waals surface area contributed by atoms with Crippen LogP contribution in [0.25, 0.3) is 0 Å². The van der Waals surface area contributed by atoms with Crippen molar-refractivity contribution in [2.24, 2.45) is 5.92 Å². The second-order valence-electron chi connectivity index (χ2n) is 8.11. The summed E-state index contributed by atoms with van der Waals surface area (Å²) in [5, 5.41) is 3.74. The minimum absolute atomic E-state index is 0.578. The van der Waals surface area contributed by atoms with Gasteiger partial charge in [0.1, 0.15) is 0 Å². The van der Waals surface area contributed by atoms with E-state index in [1.165, 1.54) is 64.0 Å². The lowest BCUT2D eigenvalue weighted by Crippen LogP contribution is -2.41. The molecule has 126 valence electrons. The van der Waals surface area contributed by atoms with Gasteiger partial charge in [-0.05, 0) is 75.0 Å². The molecule has 0 radical (unpaired) electrons. The second kappa shape index (κ2) is 6.54. The van der Waals surface area contributed by atoms with Crippen molar-refractivity contribution >= 4 is 0 Å². The summed E-state index contributed by atoms with van der Waals surface area (Å²) in [4.78, 5) is 5.19. The molecule has 23 heavy (non-hydrogen) atoms. The molecule has 0 bridgehead atoms. The van der Waals surface area contributed by atoms with E-state index in [0.29, 0.717) is 6.04 Å². The van der Waals surface area contributed by atoms with Crippen LogP contribution in [-0.2, 0) is 13.1 Å². The molecular formula is C20H31N3. The predicted octanol–water partition coefficient (Wildman–Crippen LogP) is 3.16. The van der Waals surface area contributed by atoms with Gasteiger partial charge in [0.05, 0.1) is 0 Å². The fourth-order valence-corrected chi connectivity index (χ4v) is 4.56. The molecule has 2 atom stereocenters. The highest BCUT2D eigenvalue weighted by atomic mass is 15.2. The number of rotatable bonds is 2. The van der Waals surface area contributed by atoms with Gasteiger partial charge in [0.25, 0.3) is 0 Å². The first-order chi connectivity index (χ1) is 11.2. The zero-order valence-corrected chi connectivity index (χ0v) is 14.7. The van der Waals surface area contributed by atoms with Crippen molar-refractivity contribution in [3.63, 3.8) is 0 Å². The summed E-state index contributed by atoms with van der Waals surface area (Å²) in [6.45, 7) is 8.37. The average molecular weight is 313 g/mol. The van der Waals surface area contributed by atoms with Crippen molar-refractivity contribution in [2.45, 2.75) is 57.8 Å². The highest BCUT2D eigenvalue weighted by Gasteiger charge is 2.29. The molecule has 1 N–H and O–H groups in total. The maximum Gasteiger partial charge on any atom is 0.0320 e. The van der Waals surface area contributed by atoms with E-state index in [-0.39, 0.29) is 0 Å². The lowest BCUT2D eigenvalue weighted by atomic mass is 9.91. The molecule has 0 aliphatic carbocycles. The minimum atomic E-state index is 0.578. The third kappa shape index (κ3) is 3.33. The molecule has 3 heteroatoms. The maximum atomic E-state index is 3.74. The Bertz CT molecular complexity index is 540. The van der Waals surface area contributed by atoms with Crippen LogP contribution in [0.4, 0.5) is 0 Å². The second-order valence-corrected chi connectivity index (χ2v) is 8.11. The van der Waals surface area contributed by atoms with Gasteiger partial charge in [-0.15, -0.1) is 0 Å². The van der Waals surface area contributed by atoms with Crippen LogP contribution in [0.2, 0.25) is 0 Å². The molecule has 2 saturated heterocycles. The monoisotopic (exact) mass is 313 g/mol. The molecule has 3 aliphatic heterocycles. The maximum absolute atomic E-state index is 3.74. The molecule has 2 fully saturated rings. The third-order valence-corrected chi connectivity index (χ3v) is 6.24. The van der Waals surface area contributed by atoms with Crippen LogP contribution in [0.5, 0.6) is 0 Å². The van der Waals surface area contributed by atoms with Gasteiger partial charge in [0.15, 0.2) is 0 Å². The van der Waals surface area contributed by atoms with E-state index >= 15 is 0 Å². The smallest absolute Gasteiger partial charge is 0.0320 e. The normalized spacial score (nSPS) is 30.5. The highest BCUT2D eigenvalue weighted by molar-refractivity contribution is 5.36. The van der Waals surface area contributed by atoms with Gasteiger partial charge in [-0.2, -0.15) is 0 Å². The molecule has 0 spiro atoms. The molecular weight excluding hydrogens is 282 g/mol. The topological polar surface area (TPSA) is 18.5 Å². The summed E-state index contributed by atoms with van der Waals surface area (Å²) in [5.41, 5.74) is 4.67. The van der Waals surface area contributed by atoms with E-state index < -0.39 is 0 Å². The summed E-state index contributed by atoms with van der Waals surface area (Å²) >= 11 is 0. The fraction of sp³-hybridized carbons (Fsp3) is 0.700. The van der Waals surface area contributed by atoms with Gasteiger partial charge in [0.2, 0.25) is 0 Å². The lowest BCUT2D eigenvalue weighted by Gasteiger charge is -2.34. The Kier molecular flexibility index (Phi) is 4.44. The van der Waals surface area contributed by atoms with E-state index in [4.69, 9.17) is 0 Å². The first kappa shape index (κ1) is 15.6. The molecule has 4 rings (SSSR count). The minimum Gasteiger partial charge on any atom is -0.310 e. The number of piperidine rings is 2. The summed E-state index contributed by atoms with van der Waals surface area (Å²) in [7, 11) is 2.25. The average Bonchev–Trinajstić information content (AvgIpc) is 2.99. The van der Waals surface area contributed by atoms with Gasteiger partial charge >= 0.3 is 0 Å². The van der Waals surface area contributed by atoms with E-state index in [1.807, 2.05) is 0 Å². The SMILES string of the molecule is C[C@H]1CCC(c2ccc3c(c2)CN(C2CCN(C)CC2)C3)NC1. The Labute approximate surface area is 141 Å². The third-order valence-electron chi connectivity index (χ3n) is 6.24. The predicted molar refractivity (Wildman–Crippen MR) is 95.3 cm³/mol. The van der Waals surface area contributed by atoms with Crippen molar-refractivity contribution < 1.29 is 0 Å². The van der Waals surface area contributed by atoms with Gasteiger partial charge in [0, 0.05) is 25.2 Å². The molecule has 0 amide bonds. The molecule has 3 heterocycles. The standard InChI is InChI=1S/C20H31N3/c1-15-3-6-20(21-12-15)16-4-5-17-13-23(14-18(17)11-16)19-7-9-22(2)10-8-19/h4-5,11,15,19-21H,3,6-10,12-14H2,1-2H3/t15-,20?/m0/s1. The Morgan fingerprint density at radius 1 is 1.00 bits per heavy atom. The number of nitrogens with zero attached hydrogens (tertiary/aromatic N) is 2. The van der Waals surface area contributed by atoms with Crippen molar-refractivity contribution in [2.75, 3.05) is 26.7 Å². The van der Waals surface area contributed by atoms with E-state index in [1.54, 1.807) is 11.1 Å². The van der Waals surface area contributed by atoms with Gasteiger partial charge in [-0.3, -0.25) is 4.90 Å². The first-order valence-corrected chi connectivity index (χ1v) is 9.46. The summed E-state index contributed by atoms with van der Waals surface area (Å²) in [6.07, 6.45) is 5.31. The van der Waals surface area contributed by atoms with Crippen LogP contribution in [0, 0.1) is 5.92 Å². The largest absolute Gasteiger partial charge is 0.310 e. The van der Waals surface area contributed by atoms with Crippen LogP contribution in [-0.4, -0.2) is 42.5 Å². The van der Waals surface area contributed by atoms with E-state index in [2.05, 4.69) is 47.3 Å². The number of likely N-dealkylation sites (tertiary alicyclic amines) is 1. The molecule has 0 aromatic heterocycles.